The number of alkyl halides is 3. The van der Waals surface area contributed by atoms with Gasteiger partial charge >= 0.3 is 6.18 Å². The summed E-state index contributed by atoms with van der Waals surface area (Å²) >= 11 is 0. The molecule has 3 unspecified atom stereocenters. The van der Waals surface area contributed by atoms with E-state index in [0.29, 0.717) is 28.1 Å². The second-order valence-corrected chi connectivity index (χ2v) is 9.10. The van der Waals surface area contributed by atoms with Crippen molar-refractivity contribution in [3.63, 3.8) is 0 Å². The highest BCUT2D eigenvalue weighted by Crippen LogP contribution is 2.43. The molecule has 3 N–H and O–H groups in total. The van der Waals surface area contributed by atoms with E-state index >= 15 is 0 Å². The fourth-order valence-electron chi connectivity index (χ4n) is 4.98. The molecule has 4 aromatic rings. The maximum atomic E-state index is 14.2. The Hall–Kier alpha value is -4.36. The van der Waals surface area contributed by atoms with Crippen molar-refractivity contribution in [2.45, 2.75) is 30.9 Å². The maximum absolute atomic E-state index is 14.2. The molecule has 2 aliphatic rings. The topological polar surface area (TPSA) is 118 Å². The van der Waals surface area contributed by atoms with Crippen LogP contribution in [0.5, 0.6) is 5.75 Å². The van der Waals surface area contributed by atoms with Gasteiger partial charge in [-0.1, -0.05) is 36.4 Å². The minimum absolute atomic E-state index is 0.0451. The van der Waals surface area contributed by atoms with Crippen molar-refractivity contribution in [3.8, 4) is 5.75 Å². The van der Waals surface area contributed by atoms with Gasteiger partial charge < -0.3 is 24.2 Å². The number of H-pyrrole nitrogens is 1. The molecule has 0 bridgehead atoms. The van der Waals surface area contributed by atoms with Crippen LogP contribution in [0.4, 0.5) is 13.2 Å². The fourth-order valence-corrected chi connectivity index (χ4v) is 4.98. The Labute approximate surface area is 219 Å². The Morgan fingerprint density at radius 1 is 1.10 bits per heavy atom. The average Bonchev–Trinajstić information content (AvgIpc) is 3.67. The number of aromatic amines is 1. The van der Waals surface area contributed by atoms with Crippen molar-refractivity contribution in [1.29, 1.82) is 0 Å². The summed E-state index contributed by atoms with van der Waals surface area (Å²) < 4.78 is 59.8. The number of hydrazine groups is 1. The number of carbonyl (C=O) groups excluding carboxylic acids is 1. The van der Waals surface area contributed by atoms with Crippen LogP contribution in [-0.2, 0) is 16.1 Å². The molecule has 0 aliphatic carbocycles. The minimum Gasteiger partial charge on any atom is -0.494 e. The molecule has 3 atom stereocenters. The zero-order valence-electron chi connectivity index (χ0n) is 20.5. The lowest BCUT2D eigenvalue weighted by atomic mass is 9.89. The lowest BCUT2D eigenvalue weighted by molar-refractivity contribution is -0.161. The highest BCUT2D eigenvalue weighted by molar-refractivity contribution is 6.20. The third-order valence-corrected chi connectivity index (χ3v) is 6.72. The SMILES string of the molecule is COc1cccc2oc(C3=C(COCc4cnc[nH]4)NC4C(c5ccccc5)C(C(F)(F)F)NN4C3=O)nc12. The van der Waals surface area contributed by atoms with Gasteiger partial charge in [0.2, 0.25) is 5.89 Å². The van der Waals surface area contributed by atoms with E-state index in [0.717, 1.165) is 5.01 Å². The van der Waals surface area contributed by atoms with E-state index in [1.54, 1.807) is 54.7 Å². The van der Waals surface area contributed by atoms with Crippen molar-refractivity contribution >= 4 is 22.6 Å². The summed E-state index contributed by atoms with van der Waals surface area (Å²) in [4.78, 5) is 25.2. The summed E-state index contributed by atoms with van der Waals surface area (Å²) in [5, 5.41) is 4.11. The summed E-state index contributed by atoms with van der Waals surface area (Å²) in [6.07, 6.45) is -2.60. The van der Waals surface area contributed by atoms with Crippen LogP contribution in [0, 0.1) is 0 Å². The number of ether oxygens (including phenoxy) is 2. The van der Waals surface area contributed by atoms with Gasteiger partial charge in [0, 0.05) is 0 Å². The van der Waals surface area contributed by atoms with E-state index in [2.05, 4.69) is 25.7 Å². The Balaban J connectivity index is 1.43. The number of benzene rings is 2. The van der Waals surface area contributed by atoms with Gasteiger partial charge in [0.15, 0.2) is 11.1 Å². The predicted octanol–water partition coefficient (Wildman–Crippen LogP) is 3.48. The number of imidazole rings is 1. The van der Waals surface area contributed by atoms with Gasteiger partial charge in [0.05, 0.1) is 50.2 Å². The third kappa shape index (κ3) is 4.49. The molecule has 6 rings (SSSR count). The Morgan fingerprint density at radius 3 is 2.64 bits per heavy atom. The molecule has 0 radical (unpaired) electrons. The quantitative estimate of drug-likeness (QED) is 0.326. The molecule has 2 aromatic heterocycles. The Bertz CT molecular complexity index is 1520. The van der Waals surface area contributed by atoms with Crippen molar-refractivity contribution < 1.29 is 31.9 Å². The first-order valence-corrected chi connectivity index (χ1v) is 12.0. The average molecular weight is 541 g/mol. The maximum Gasteiger partial charge on any atom is 0.406 e. The number of oxazole rings is 1. The number of carbonyl (C=O) groups is 1. The molecule has 4 heterocycles. The van der Waals surface area contributed by atoms with Crippen LogP contribution in [-0.4, -0.2) is 58.0 Å². The number of hydrogen-bond donors (Lipinski definition) is 3. The fraction of sp³-hybridized carbons (Fsp3) is 0.269. The normalized spacial score (nSPS) is 21.4. The van der Waals surface area contributed by atoms with Gasteiger partial charge in [-0.15, -0.1) is 0 Å². The number of aromatic nitrogens is 3. The van der Waals surface area contributed by atoms with Crippen LogP contribution >= 0.6 is 0 Å². The Morgan fingerprint density at radius 2 is 1.92 bits per heavy atom. The molecule has 202 valence electrons. The van der Waals surface area contributed by atoms with E-state index in [9.17, 15) is 18.0 Å². The molecule has 1 saturated heterocycles. The monoisotopic (exact) mass is 540 g/mol. The molecule has 1 amide bonds. The standard InChI is InChI=1S/C26H23F3N6O4/c1-37-17-8-5-9-18-21(17)33-24(39-18)20-16(12-38-11-15-10-30-13-31-15)32-23-19(14-6-3-2-4-7-14)22(26(27,28)29)34-35(23)25(20)36/h2-10,13,19,22-23,32,34H,11-12H2,1H3,(H,30,31). The number of methoxy groups -OCH3 is 1. The molecule has 10 nitrogen and oxygen atoms in total. The number of amides is 1. The lowest BCUT2D eigenvalue weighted by Crippen LogP contribution is -2.55. The van der Waals surface area contributed by atoms with E-state index in [-0.39, 0.29) is 30.4 Å². The summed E-state index contributed by atoms with van der Waals surface area (Å²) in [6, 6.07) is 11.3. The summed E-state index contributed by atoms with van der Waals surface area (Å²) in [5.41, 5.74) is 4.45. The molecule has 1 fully saturated rings. The largest absolute Gasteiger partial charge is 0.494 e. The second kappa shape index (κ2) is 9.75. The summed E-state index contributed by atoms with van der Waals surface area (Å²) in [6.45, 7) is 0.00639. The van der Waals surface area contributed by atoms with Gasteiger partial charge in [-0.2, -0.15) is 13.2 Å². The molecule has 39 heavy (non-hydrogen) atoms. The van der Waals surface area contributed by atoms with Crippen LogP contribution in [0.3, 0.4) is 0 Å². The number of rotatable bonds is 7. The smallest absolute Gasteiger partial charge is 0.406 e. The number of hydrogen-bond acceptors (Lipinski definition) is 8. The molecule has 2 aromatic carbocycles. The van der Waals surface area contributed by atoms with Crippen LogP contribution in [0.15, 0.2) is 71.2 Å². The van der Waals surface area contributed by atoms with Gasteiger partial charge in [0.25, 0.3) is 5.91 Å². The van der Waals surface area contributed by atoms with Gasteiger partial charge in [-0.25, -0.2) is 20.4 Å². The second-order valence-electron chi connectivity index (χ2n) is 9.10. The molecule has 2 aliphatic heterocycles. The first-order chi connectivity index (χ1) is 18.8. The number of halogens is 3. The summed E-state index contributed by atoms with van der Waals surface area (Å²) in [5.74, 6) is -1.51. The zero-order valence-corrected chi connectivity index (χ0v) is 20.5. The van der Waals surface area contributed by atoms with E-state index in [4.69, 9.17) is 13.9 Å². The van der Waals surface area contributed by atoms with Crippen molar-refractivity contribution in [3.05, 3.63) is 83.9 Å². The molecule has 13 heteroatoms. The number of fused-ring (bicyclic) bond motifs is 2. The Kier molecular flexibility index (Phi) is 6.23. The van der Waals surface area contributed by atoms with Gasteiger partial charge in [0.1, 0.15) is 23.5 Å². The van der Waals surface area contributed by atoms with Crippen molar-refractivity contribution in [2.24, 2.45) is 0 Å². The molecule has 0 saturated carbocycles. The minimum atomic E-state index is -4.64. The van der Waals surface area contributed by atoms with Crippen LogP contribution in [0.2, 0.25) is 0 Å². The van der Waals surface area contributed by atoms with Crippen LogP contribution < -0.4 is 15.5 Å². The number of nitrogens with one attached hydrogen (secondary N) is 3. The van der Waals surface area contributed by atoms with Crippen molar-refractivity contribution in [2.75, 3.05) is 13.7 Å². The summed E-state index contributed by atoms with van der Waals surface area (Å²) in [7, 11) is 1.48. The van der Waals surface area contributed by atoms with E-state index in [1.807, 2.05) is 0 Å². The number of para-hydroxylation sites is 1. The predicted molar refractivity (Wildman–Crippen MR) is 132 cm³/mol. The molecular weight excluding hydrogens is 517 g/mol. The first kappa shape index (κ1) is 24.9. The van der Waals surface area contributed by atoms with Gasteiger partial charge in [-0.05, 0) is 17.7 Å². The highest BCUT2D eigenvalue weighted by Gasteiger charge is 2.58. The molecule has 0 spiro atoms. The van der Waals surface area contributed by atoms with E-state index < -0.39 is 30.2 Å². The molecular formula is C26H23F3N6O4. The van der Waals surface area contributed by atoms with Crippen molar-refractivity contribution in [1.82, 2.24) is 30.7 Å². The highest BCUT2D eigenvalue weighted by atomic mass is 19.4. The number of nitrogens with zero attached hydrogens (tertiary/aromatic N) is 3. The van der Waals surface area contributed by atoms with Gasteiger partial charge in [-0.3, -0.25) is 4.79 Å². The lowest BCUT2D eigenvalue weighted by Gasteiger charge is -2.35. The van der Waals surface area contributed by atoms with Crippen LogP contribution in [0.1, 0.15) is 23.1 Å². The zero-order chi connectivity index (χ0) is 27.1. The van der Waals surface area contributed by atoms with Crippen LogP contribution in [0.25, 0.3) is 16.7 Å². The van der Waals surface area contributed by atoms with E-state index in [1.165, 1.54) is 13.4 Å². The first-order valence-electron chi connectivity index (χ1n) is 12.0. The third-order valence-electron chi connectivity index (χ3n) is 6.72.